The Bertz CT molecular complexity index is 3250. The normalized spacial score (nSPS) is 12.1. The maximum Gasteiger partial charge on any atom is 0.252 e. The predicted molar refractivity (Wildman–Crippen MR) is 289 cm³/mol. The second-order valence-electron chi connectivity index (χ2n) is 17.9. The summed E-state index contributed by atoms with van der Waals surface area (Å²) < 4.78 is 0. The van der Waals surface area contributed by atoms with Gasteiger partial charge in [0.2, 0.25) is 0 Å². The van der Waals surface area contributed by atoms with Crippen molar-refractivity contribution in [1.29, 1.82) is 5.26 Å². The Balaban J connectivity index is 1.19. The Hall–Kier alpha value is -9.05. The van der Waals surface area contributed by atoms with Gasteiger partial charge in [0.1, 0.15) is 0 Å². The molecule has 69 heavy (non-hydrogen) atoms. The van der Waals surface area contributed by atoms with Crippen molar-refractivity contribution < 1.29 is 0 Å². The molecule has 10 aromatic carbocycles. The third kappa shape index (κ3) is 7.38. The molecule has 2 aliphatic heterocycles. The molecular weight excluding hydrogens is 838 g/mol. The first-order chi connectivity index (χ1) is 34.0. The van der Waals surface area contributed by atoms with Crippen LogP contribution in [0.5, 0.6) is 0 Å². The molecule has 0 aliphatic carbocycles. The number of nitriles is 1. The lowest BCUT2D eigenvalue weighted by molar-refractivity contribution is 1.23. The molecule has 0 bridgehead atoms. The van der Waals surface area contributed by atoms with Gasteiger partial charge in [-0.2, -0.15) is 5.26 Å². The zero-order chi connectivity index (χ0) is 46.4. The third-order valence-corrected chi connectivity index (χ3v) is 13.5. The van der Waals surface area contributed by atoms with Gasteiger partial charge >= 0.3 is 0 Å². The second kappa shape index (κ2) is 17.3. The SMILES string of the molecule is Cc1ccc(N2c3ccc(N(c4ccccc4)c4ccccc4)cc3B3c4cc(N(c5ccccc5)c5ccccc5)ccc4N(c4ccc(C)cc4)c4cc(-c5cccc(C#N)c5)cc2c43)cc1. The van der Waals surface area contributed by atoms with Crippen molar-refractivity contribution >= 4 is 91.3 Å². The summed E-state index contributed by atoms with van der Waals surface area (Å²) in [4.78, 5) is 9.65. The lowest BCUT2D eigenvalue weighted by Gasteiger charge is -2.45. The van der Waals surface area contributed by atoms with E-state index in [-0.39, 0.29) is 6.71 Å². The van der Waals surface area contributed by atoms with E-state index in [2.05, 4.69) is 264 Å². The van der Waals surface area contributed by atoms with E-state index in [0.29, 0.717) is 5.56 Å². The van der Waals surface area contributed by atoms with Gasteiger partial charge in [0.05, 0.1) is 11.6 Å². The van der Waals surface area contributed by atoms with Gasteiger partial charge in [0.25, 0.3) is 6.71 Å². The summed E-state index contributed by atoms with van der Waals surface area (Å²) in [6.45, 7) is 4.10. The standard InChI is InChI=1S/C63H46BN5/c1-44-26-30-53(31-27-44)68-59-36-34-55(66(49-18-7-3-8-19-49)50-20-9-4-10-21-50)41-57(59)64-58-42-56(67(51-22-11-5-12-23-51)52-24-13-6-14-25-52)35-37-60(58)69(54-32-28-45(2)29-33-54)62-40-48(39-61(68)63(62)64)47-17-15-16-46(38-47)43-65/h3-42H,1-2H3. The van der Waals surface area contributed by atoms with Gasteiger partial charge < -0.3 is 19.6 Å². The van der Waals surface area contributed by atoms with E-state index in [9.17, 15) is 5.26 Å². The molecule has 2 aliphatic rings. The molecule has 0 aromatic heterocycles. The van der Waals surface area contributed by atoms with Gasteiger partial charge in [-0.3, -0.25) is 0 Å². The second-order valence-corrected chi connectivity index (χ2v) is 17.9. The fourth-order valence-electron chi connectivity index (χ4n) is 10.3. The molecule has 0 saturated heterocycles. The number of hydrogen-bond donors (Lipinski definition) is 0. The first-order valence-corrected chi connectivity index (χ1v) is 23.5. The maximum absolute atomic E-state index is 10.1. The predicted octanol–water partition coefficient (Wildman–Crippen LogP) is 14.9. The van der Waals surface area contributed by atoms with Crippen LogP contribution in [-0.2, 0) is 0 Å². The van der Waals surface area contributed by atoms with Gasteiger partial charge in [-0.05, 0) is 175 Å². The van der Waals surface area contributed by atoms with E-state index in [1.807, 2.05) is 18.2 Å². The third-order valence-electron chi connectivity index (χ3n) is 13.5. The molecular formula is C63H46BN5. The number of nitrogens with zero attached hydrogens (tertiary/aromatic N) is 5. The van der Waals surface area contributed by atoms with Crippen LogP contribution in [0.1, 0.15) is 16.7 Å². The van der Waals surface area contributed by atoms with Crippen molar-refractivity contribution in [1.82, 2.24) is 0 Å². The zero-order valence-corrected chi connectivity index (χ0v) is 38.4. The molecule has 326 valence electrons. The van der Waals surface area contributed by atoms with Crippen molar-refractivity contribution in [2.24, 2.45) is 0 Å². The van der Waals surface area contributed by atoms with Crippen molar-refractivity contribution in [3.8, 4) is 17.2 Å². The molecule has 10 aromatic rings. The summed E-state index contributed by atoms with van der Waals surface area (Å²) in [7, 11) is 0. The van der Waals surface area contributed by atoms with E-state index in [1.54, 1.807) is 0 Å². The largest absolute Gasteiger partial charge is 0.311 e. The number of rotatable bonds is 9. The molecule has 0 N–H and O–H groups in total. The van der Waals surface area contributed by atoms with E-state index in [4.69, 9.17) is 0 Å². The maximum atomic E-state index is 10.1. The van der Waals surface area contributed by atoms with Crippen LogP contribution in [0.2, 0.25) is 0 Å². The summed E-state index contributed by atoms with van der Waals surface area (Å²) in [5.41, 5.74) is 21.7. The smallest absolute Gasteiger partial charge is 0.252 e. The quantitative estimate of drug-likeness (QED) is 0.135. The molecule has 2 heterocycles. The summed E-state index contributed by atoms with van der Waals surface area (Å²) in [6.07, 6.45) is 0. The highest BCUT2D eigenvalue weighted by Crippen LogP contribution is 2.48. The topological polar surface area (TPSA) is 36.8 Å². The molecule has 6 heteroatoms. The fourth-order valence-corrected chi connectivity index (χ4v) is 10.3. The van der Waals surface area contributed by atoms with Crippen LogP contribution in [0.4, 0.5) is 68.2 Å². The van der Waals surface area contributed by atoms with Crippen LogP contribution in [-0.4, -0.2) is 6.71 Å². The van der Waals surface area contributed by atoms with E-state index >= 15 is 0 Å². The summed E-state index contributed by atoms with van der Waals surface area (Å²) in [6, 6.07) is 89.6. The van der Waals surface area contributed by atoms with Crippen LogP contribution >= 0.6 is 0 Å². The van der Waals surface area contributed by atoms with Crippen molar-refractivity contribution in [3.63, 3.8) is 0 Å². The Labute approximate surface area is 404 Å². The van der Waals surface area contributed by atoms with E-state index < -0.39 is 0 Å². The molecule has 0 saturated carbocycles. The van der Waals surface area contributed by atoms with E-state index in [0.717, 1.165) is 79.4 Å². The van der Waals surface area contributed by atoms with Crippen LogP contribution < -0.4 is 36.0 Å². The molecule has 0 fully saturated rings. The van der Waals surface area contributed by atoms with Crippen LogP contribution in [0.3, 0.4) is 0 Å². The van der Waals surface area contributed by atoms with Crippen LogP contribution in [0, 0.1) is 25.2 Å². The molecule has 0 unspecified atom stereocenters. The average molecular weight is 884 g/mol. The van der Waals surface area contributed by atoms with Crippen molar-refractivity contribution in [3.05, 3.63) is 259 Å². The highest BCUT2D eigenvalue weighted by molar-refractivity contribution is 7.00. The highest BCUT2D eigenvalue weighted by Gasteiger charge is 2.44. The highest BCUT2D eigenvalue weighted by atomic mass is 15.2. The number of hydrogen-bond acceptors (Lipinski definition) is 5. The van der Waals surface area contributed by atoms with Gasteiger partial charge in [0.15, 0.2) is 0 Å². The first kappa shape index (κ1) is 41.4. The van der Waals surface area contributed by atoms with Crippen molar-refractivity contribution in [2.45, 2.75) is 13.8 Å². The molecule has 0 atom stereocenters. The van der Waals surface area contributed by atoms with E-state index in [1.165, 1.54) is 27.5 Å². The van der Waals surface area contributed by atoms with Gasteiger partial charge in [-0.1, -0.05) is 120 Å². The molecule has 5 nitrogen and oxygen atoms in total. The van der Waals surface area contributed by atoms with Gasteiger partial charge in [0, 0.05) is 68.2 Å². The Morgan fingerprint density at radius 3 is 1.16 bits per heavy atom. The van der Waals surface area contributed by atoms with Crippen LogP contribution in [0.25, 0.3) is 11.1 Å². The number of benzene rings is 10. The lowest BCUT2D eigenvalue weighted by Crippen LogP contribution is -2.61. The summed E-state index contributed by atoms with van der Waals surface area (Å²) in [5.74, 6) is 0. The Morgan fingerprint density at radius 2 is 0.768 bits per heavy atom. The van der Waals surface area contributed by atoms with Gasteiger partial charge in [-0.15, -0.1) is 0 Å². The molecule has 0 spiro atoms. The number of aryl methyl sites for hydroxylation is 2. The number of fused-ring (bicyclic) bond motifs is 4. The number of para-hydroxylation sites is 4. The number of anilines is 12. The molecule has 0 amide bonds. The first-order valence-electron chi connectivity index (χ1n) is 23.5. The van der Waals surface area contributed by atoms with Crippen LogP contribution in [0.15, 0.2) is 243 Å². The fraction of sp³-hybridized carbons (Fsp3) is 0.0317. The Kier molecular flexibility index (Phi) is 10.4. The minimum Gasteiger partial charge on any atom is -0.311 e. The molecule has 0 radical (unpaired) electrons. The summed E-state index contributed by atoms with van der Waals surface area (Å²) in [5, 5.41) is 10.1. The minimum atomic E-state index is -0.190. The molecule has 12 rings (SSSR count). The van der Waals surface area contributed by atoms with Gasteiger partial charge in [-0.25, -0.2) is 0 Å². The monoisotopic (exact) mass is 883 g/mol. The minimum absolute atomic E-state index is 0.190. The zero-order valence-electron chi connectivity index (χ0n) is 38.4. The van der Waals surface area contributed by atoms with Crippen molar-refractivity contribution in [2.75, 3.05) is 19.6 Å². The average Bonchev–Trinajstić information content (AvgIpc) is 3.40. The summed E-state index contributed by atoms with van der Waals surface area (Å²) >= 11 is 0. The lowest BCUT2D eigenvalue weighted by atomic mass is 9.33. The Morgan fingerprint density at radius 1 is 0.362 bits per heavy atom.